The predicted molar refractivity (Wildman–Crippen MR) is 110 cm³/mol. The van der Waals surface area contributed by atoms with E-state index in [-0.39, 0.29) is 11.9 Å². The van der Waals surface area contributed by atoms with Gasteiger partial charge in [0.2, 0.25) is 0 Å². The Bertz CT molecular complexity index is 760. The van der Waals surface area contributed by atoms with E-state index >= 15 is 0 Å². The van der Waals surface area contributed by atoms with Gasteiger partial charge in [0, 0.05) is 38.6 Å². The summed E-state index contributed by atoms with van der Waals surface area (Å²) in [6.07, 6.45) is 1.95. The molecule has 0 atom stereocenters. The molecular weight excluding hydrogens is 340 g/mol. The van der Waals surface area contributed by atoms with E-state index in [4.69, 9.17) is 0 Å². The third-order valence-corrected chi connectivity index (χ3v) is 4.09. The highest BCUT2D eigenvalue weighted by atomic mass is 16.2. The van der Waals surface area contributed by atoms with Crippen molar-refractivity contribution in [1.29, 1.82) is 0 Å². The Hall–Kier alpha value is -3.02. The summed E-state index contributed by atoms with van der Waals surface area (Å²) in [5.74, 6) is -0.183. The lowest BCUT2D eigenvalue weighted by Gasteiger charge is -2.18. The second-order valence-electron chi connectivity index (χ2n) is 6.53. The van der Waals surface area contributed by atoms with E-state index in [0.717, 1.165) is 24.1 Å². The molecule has 0 heterocycles. The van der Waals surface area contributed by atoms with Crippen LogP contribution >= 0.6 is 0 Å². The predicted octanol–water partition coefficient (Wildman–Crippen LogP) is 3.60. The molecule has 6 heteroatoms. The average molecular weight is 368 g/mol. The van der Waals surface area contributed by atoms with E-state index in [1.165, 1.54) is 0 Å². The monoisotopic (exact) mass is 368 g/mol. The minimum atomic E-state index is -0.267. The van der Waals surface area contributed by atoms with E-state index in [1.54, 1.807) is 12.1 Å². The van der Waals surface area contributed by atoms with Crippen LogP contribution in [-0.2, 0) is 6.54 Å². The van der Waals surface area contributed by atoms with Gasteiger partial charge in [-0.2, -0.15) is 0 Å². The number of carbonyl (C=O) groups is 2. The molecule has 3 N–H and O–H groups in total. The first-order valence-electron chi connectivity index (χ1n) is 9.19. The number of rotatable bonds is 8. The van der Waals surface area contributed by atoms with E-state index in [0.29, 0.717) is 24.3 Å². The van der Waals surface area contributed by atoms with Crippen molar-refractivity contribution >= 4 is 23.3 Å². The van der Waals surface area contributed by atoms with Gasteiger partial charge in [-0.05, 0) is 30.2 Å². The van der Waals surface area contributed by atoms with Crippen LogP contribution in [0, 0.1) is 0 Å². The van der Waals surface area contributed by atoms with Gasteiger partial charge in [0.1, 0.15) is 0 Å². The zero-order valence-corrected chi connectivity index (χ0v) is 16.2. The van der Waals surface area contributed by atoms with Gasteiger partial charge in [-0.3, -0.25) is 4.79 Å². The Morgan fingerprint density at radius 1 is 1.00 bits per heavy atom. The molecule has 2 aromatic carbocycles. The molecule has 144 valence electrons. The highest BCUT2D eigenvalue weighted by Gasteiger charge is 2.14. The molecule has 27 heavy (non-hydrogen) atoms. The standard InChI is InChI=1S/C21H28N4O2/c1-4-5-13-22-21(27)24-17-11-12-19(25(2)3)18(14-17)20(26)23-15-16-9-7-6-8-10-16/h6-12,14H,4-5,13,15H2,1-3H3,(H,23,26)(H2,22,24,27). The Balaban J connectivity index is 2.09. The normalized spacial score (nSPS) is 10.2. The summed E-state index contributed by atoms with van der Waals surface area (Å²) in [7, 11) is 3.77. The second kappa shape index (κ2) is 10.2. The summed E-state index contributed by atoms with van der Waals surface area (Å²) in [5, 5.41) is 8.53. The number of carbonyl (C=O) groups excluding carboxylic acids is 2. The Kier molecular flexibility index (Phi) is 7.67. The molecule has 0 aliphatic rings. The maximum absolute atomic E-state index is 12.7. The maximum Gasteiger partial charge on any atom is 0.319 e. The lowest BCUT2D eigenvalue weighted by atomic mass is 10.1. The second-order valence-corrected chi connectivity index (χ2v) is 6.53. The summed E-state index contributed by atoms with van der Waals surface area (Å²) in [4.78, 5) is 26.6. The van der Waals surface area contributed by atoms with Crippen LogP contribution in [-0.4, -0.2) is 32.6 Å². The quantitative estimate of drug-likeness (QED) is 0.623. The van der Waals surface area contributed by atoms with Crippen LogP contribution < -0.4 is 20.9 Å². The van der Waals surface area contributed by atoms with Crippen molar-refractivity contribution in [2.75, 3.05) is 30.9 Å². The average Bonchev–Trinajstić information content (AvgIpc) is 2.67. The third-order valence-electron chi connectivity index (χ3n) is 4.09. The van der Waals surface area contributed by atoms with Crippen molar-refractivity contribution < 1.29 is 9.59 Å². The van der Waals surface area contributed by atoms with Crippen molar-refractivity contribution in [3.63, 3.8) is 0 Å². The first-order valence-corrected chi connectivity index (χ1v) is 9.19. The largest absolute Gasteiger partial charge is 0.377 e. The molecule has 0 unspecified atom stereocenters. The molecule has 2 aromatic rings. The highest BCUT2D eigenvalue weighted by Crippen LogP contribution is 2.23. The molecule has 0 bridgehead atoms. The van der Waals surface area contributed by atoms with Gasteiger partial charge in [0.25, 0.3) is 5.91 Å². The Morgan fingerprint density at radius 2 is 1.74 bits per heavy atom. The molecule has 0 aromatic heterocycles. The molecule has 0 spiro atoms. The number of benzene rings is 2. The maximum atomic E-state index is 12.7. The van der Waals surface area contributed by atoms with Gasteiger partial charge in [-0.15, -0.1) is 0 Å². The van der Waals surface area contributed by atoms with Gasteiger partial charge < -0.3 is 20.9 Å². The Labute approximate surface area is 161 Å². The summed E-state index contributed by atoms with van der Waals surface area (Å²) in [6.45, 7) is 3.14. The van der Waals surface area contributed by atoms with Gasteiger partial charge in [-0.1, -0.05) is 43.7 Å². The van der Waals surface area contributed by atoms with Crippen LogP contribution in [0.2, 0.25) is 0 Å². The fourth-order valence-electron chi connectivity index (χ4n) is 2.61. The van der Waals surface area contributed by atoms with Crippen LogP contribution in [0.1, 0.15) is 35.7 Å². The minimum absolute atomic E-state index is 0.183. The number of hydrogen-bond acceptors (Lipinski definition) is 3. The Morgan fingerprint density at radius 3 is 2.41 bits per heavy atom. The highest BCUT2D eigenvalue weighted by molar-refractivity contribution is 6.01. The summed E-state index contributed by atoms with van der Waals surface area (Å²) >= 11 is 0. The number of unbranched alkanes of at least 4 members (excludes halogenated alkanes) is 1. The van der Waals surface area contributed by atoms with Gasteiger partial charge in [-0.25, -0.2) is 4.79 Å². The SMILES string of the molecule is CCCCNC(=O)Nc1ccc(N(C)C)c(C(=O)NCc2ccccc2)c1. The number of nitrogens with zero attached hydrogens (tertiary/aromatic N) is 1. The molecule has 2 rings (SSSR count). The number of amides is 3. The van der Waals surface area contributed by atoms with Crippen LogP contribution in [0.3, 0.4) is 0 Å². The van der Waals surface area contributed by atoms with E-state index < -0.39 is 0 Å². The number of nitrogens with one attached hydrogen (secondary N) is 3. The number of hydrogen-bond donors (Lipinski definition) is 3. The fraction of sp³-hybridized carbons (Fsp3) is 0.333. The van der Waals surface area contributed by atoms with Crippen LogP contribution in [0.5, 0.6) is 0 Å². The van der Waals surface area contributed by atoms with Gasteiger partial charge in [0.05, 0.1) is 5.56 Å². The van der Waals surface area contributed by atoms with Crippen molar-refractivity contribution in [2.24, 2.45) is 0 Å². The van der Waals surface area contributed by atoms with Gasteiger partial charge >= 0.3 is 6.03 Å². The molecule has 0 radical (unpaired) electrons. The van der Waals surface area contributed by atoms with Crippen LogP contribution in [0.25, 0.3) is 0 Å². The number of urea groups is 1. The molecule has 0 saturated carbocycles. The summed E-state index contributed by atoms with van der Waals surface area (Å²) < 4.78 is 0. The molecule has 0 fully saturated rings. The first-order chi connectivity index (χ1) is 13.0. The van der Waals surface area contributed by atoms with Crippen molar-refractivity contribution in [3.05, 3.63) is 59.7 Å². The number of anilines is 2. The van der Waals surface area contributed by atoms with Crippen molar-refractivity contribution in [1.82, 2.24) is 10.6 Å². The van der Waals surface area contributed by atoms with Crippen molar-refractivity contribution in [3.8, 4) is 0 Å². The first kappa shape index (κ1) is 20.3. The topological polar surface area (TPSA) is 73.5 Å². The van der Waals surface area contributed by atoms with Crippen molar-refractivity contribution in [2.45, 2.75) is 26.3 Å². The lowest BCUT2D eigenvalue weighted by molar-refractivity contribution is 0.0951. The van der Waals surface area contributed by atoms with E-state index in [9.17, 15) is 9.59 Å². The summed E-state index contributed by atoms with van der Waals surface area (Å²) in [5.41, 5.74) is 2.92. The smallest absolute Gasteiger partial charge is 0.319 e. The molecule has 0 aliphatic heterocycles. The van der Waals surface area contributed by atoms with Crippen LogP contribution in [0.15, 0.2) is 48.5 Å². The van der Waals surface area contributed by atoms with Crippen LogP contribution in [0.4, 0.5) is 16.2 Å². The van der Waals surface area contributed by atoms with Gasteiger partial charge in [0.15, 0.2) is 0 Å². The zero-order chi connectivity index (χ0) is 19.6. The minimum Gasteiger partial charge on any atom is -0.377 e. The molecule has 0 saturated heterocycles. The molecular formula is C21H28N4O2. The lowest BCUT2D eigenvalue weighted by Crippen LogP contribution is -2.30. The van der Waals surface area contributed by atoms with E-state index in [2.05, 4.69) is 22.9 Å². The molecule has 6 nitrogen and oxygen atoms in total. The summed E-state index contributed by atoms with van der Waals surface area (Å²) in [6, 6.07) is 14.8. The fourth-order valence-corrected chi connectivity index (χ4v) is 2.61. The third kappa shape index (κ3) is 6.33. The zero-order valence-electron chi connectivity index (χ0n) is 16.2. The molecule has 0 aliphatic carbocycles. The molecule has 3 amide bonds. The van der Waals surface area contributed by atoms with E-state index in [1.807, 2.05) is 55.4 Å².